The third-order valence-electron chi connectivity index (χ3n) is 4.11. The topological polar surface area (TPSA) is 47.2 Å². The Labute approximate surface area is 128 Å². The average Bonchev–Trinajstić information content (AvgIpc) is 2.81. The number of aliphatic hydroxyl groups excluding tert-OH is 1. The number of aliphatic hydroxyl groups is 1. The molecule has 1 N–H and O–H groups in total. The van der Waals surface area contributed by atoms with Gasteiger partial charge < -0.3 is 5.11 Å². The van der Waals surface area contributed by atoms with E-state index >= 15 is 0 Å². The Balaban J connectivity index is 2.06. The fourth-order valence-electron chi connectivity index (χ4n) is 3.10. The van der Waals surface area contributed by atoms with Gasteiger partial charge in [-0.25, -0.2) is 9.36 Å². The zero-order chi connectivity index (χ0) is 16.4. The maximum atomic E-state index is 12.9. The fourth-order valence-corrected chi connectivity index (χ4v) is 3.10. The Morgan fingerprint density at radius 1 is 1.13 bits per heavy atom. The molecule has 0 saturated heterocycles. The van der Waals surface area contributed by atoms with Gasteiger partial charge in [0.1, 0.15) is 0 Å². The van der Waals surface area contributed by atoms with Gasteiger partial charge in [0.15, 0.2) is 6.23 Å². The Morgan fingerprint density at radius 3 is 2.61 bits per heavy atom. The molecule has 0 saturated carbocycles. The molecule has 1 unspecified atom stereocenters. The van der Waals surface area contributed by atoms with Crippen molar-refractivity contribution in [3.63, 3.8) is 0 Å². The van der Waals surface area contributed by atoms with Crippen LogP contribution in [0.2, 0.25) is 0 Å². The highest BCUT2D eigenvalue weighted by Gasteiger charge is 2.33. The Kier molecular flexibility index (Phi) is 2.74. The highest BCUT2D eigenvalue weighted by molar-refractivity contribution is 5.81. The first-order valence-corrected chi connectivity index (χ1v) is 6.99. The van der Waals surface area contributed by atoms with Crippen molar-refractivity contribution in [3.05, 3.63) is 63.9 Å². The van der Waals surface area contributed by atoms with E-state index in [1.54, 1.807) is 24.3 Å². The molecule has 1 aliphatic rings. The Hall–Kier alpha value is -2.54. The molecule has 0 bridgehead atoms. The molecule has 2 heterocycles. The van der Waals surface area contributed by atoms with Gasteiger partial charge in [-0.15, -0.1) is 0 Å². The van der Waals surface area contributed by atoms with Crippen molar-refractivity contribution in [2.24, 2.45) is 0 Å². The zero-order valence-corrected chi connectivity index (χ0v) is 11.7. The lowest BCUT2D eigenvalue weighted by atomic mass is 10.0. The van der Waals surface area contributed by atoms with E-state index in [0.717, 1.165) is 12.1 Å². The SMILES string of the molecule is O=c1c2ccccc2n2n1C(O)Cc1cc(C(F)(F)F)ccc1-2. The van der Waals surface area contributed by atoms with Crippen molar-refractivity contribution in [1.29, 1.82) is 0 Å². The van der Waals surface area contributed by atoms with Crippen molar-refractivity contribution in [3.8, 4) is 5.69 Å². The number of alkyl halides is 3. The Morgan fingerprint density at radius 2 is 1.87 bits per heavy atom. The van der Waals surface area contributed by atoms with Gasteiger partial charge in [0.05, 0.1) is 22.2 Å². The van der Waals surface area contributed by atoms with Crippen LogP contribution in [-0.4, -0.2) is 14.5 Å². The van der Waals surface area contributed by atoms with Crippen molar-refractivity contribution >= 4 is 10.9 Å². The lowest BCUT2D eigenvalue weighted by Crippen LogP contribution is -2.32. The molecule has 3 aromatic rings. The lowest BCUT2D eigenvalue weighted by molar-refractivity contribution is -0.137. The minimum absolute atomic E-state index is 0.0461. The molecular formula is C16H11F3N2O2. The molecule has 118 valence electrons. The van der Waals surface area contributed by atoms with Crippen molar-refractivity contribution in [2.45, 2.75) is 18.8 Å². The molecule has 1 aliphatic heterocycles. The number of para-hydroxylation sites is 1. The second-order valence-electron chi connectivity index (χ2n) is 5.50. The number of rotatable bonds is 0. The van der Waals surface area contributed by atoms with Crippen LogP contribution in [0.5, 0.6) is 0 Å². The number of nitrogens with zero attached hydrogens (tertiary/aromatic N) is 2. The molecule has 0 radical (unpaired) electrons. The summed E-state index contributed by atoms with van der Waals surface area (Å²) in [6.45, 7) is 0. The minimum atomic E-state index is -4.45. The van der Waals surface area contributed by atoms with Gasteiger partial charge in [0.2, 0.25) is 0 Å². The predicted molar refractivity (Wildman–Crippen MR) is 77.5 cm³/mol. The van der Waals surface area contributed by atoms with E-state index in [-0.39, 0.29) is 12.0 Å². The summed E-state index contributed by atoms with van der Waals surface area (Å²) in [7, 11) is 0. The number of hydrogen-bond donors (Lipinski definition) is 1. The van der Waals surface area contributed by atoms with Crippen LogP contribution in [0.25, 0.3) is 16.6 Å². The van der Waals surface area contributed by atoms with Crippen LogP contribution in [0.4, 0.5) is 13.2 Å². The smallest absolute Gasteiger partial charge is 0.371 e. The summed E-state index contributed by atoms with van der Waals surface area (Å²) in [5.74, 6) is 0. The van der Waals surface area contributed by atoms with E-state index < -0.39 is 18.0 Å². The number of aromatic nitrogens is 2. The molecule has 4 rings (SSSR count). The van der Waals surface area contributed by atoms with E-state index in [0.29, 0.717) is 22.2 Å². The molecule has 0 aliphatic carbocycles. The molecule has 23 heavy (non-hydrogen) atoms. The predicted octanol–water partition coefficient (Wildman–Crippen LogP) is 2.86. The van der Waals surface area contributed by atoms with Gasteiger partial charge in [-0.2, -0.15) is 13.2 Å². The first-order valence-electron chi connectivity index (χ1n) is 6.99. The monoisotopic (exact) mass is 320 g/mol. The van der Waals surface area contributed by atoms with Crippen molar-refractivity contribution in [2.75, 3.05) is 0 Å². The van der Waals surface area contributed by atoms with Gasteiger partial charge >= 0.3 is 6.18 Å². The second-order valence-corrected chi connectivity index (χ2v) is 5.50. The van der Waals surface area contributed by atoms with Gasteiger partial charge in [-0.3, -0.25) is 4.79 Å². The summed E-state index contributed by atoms with van der Waals surface area (Å²) in [4.78, 5) is 12.4. The van der Waals surface area contributed by atoms with Crippen LogP contribution in [0, 0.1) is 0 Å². The molecule has 0 spiro atoms. The molecule has 2 aromatic carbocycles. The summed E-state index contributed by atoms with van der Waals surface area (Å²) in [5.41, 5.74) is 0.251. The summed E-state index contributed by atoms with van der Waals surface area (Å²) in [6.07, 6.45) is -5.70. The van der Waals surface area contributed by atoms with Crippen molar-refractivity contribution < 1.29 is 18.3 Å². The van der Waals surface area contributed by atoms with Crippen LogP contribution in [0.15, 0.2) is 47.3 Å². The average molecular weight is 320 g/mol. The van der Waals surface area contributed by atoms with Crippen molar-refractivity contribution in [1.82, 2.24) is 9.36 Å². The van der Waals surface area contributed by atoms with Crippen LogP contribution in [0.1, 0.15) is 17.4 Å². The minimum Gasteiger partial charge on any atom is -0.371 e. The number of fused-ring (bicyclic) bond motifs is 5. The summed E-state index contributed by atoms with van der Waals surface area (Å²) in [6, 6.07) is 10.1. The van der Waals surface area contributed by atoms with E-state index in [1.165, 1.54) is 15.4 Å². The number of benzene rings is 2. The molecular weight excluding hydrogens is 309 g/mol. The highest BCUT2D eigenvalue weighted by atomic mass is 19.4. The lowest BCUT2D eigenvalue weighted by Gasteiger charge is -2.26. The first kappa shape index (κ1) is 14.1. The number of hydrogen-bond acceptors (Lipinski definition) is 2. The van der Waals surface area contributed by atoms with Gasteiger partial charge in [0.25, 0.3) is 5.56 Å². The molecule has 0 amide bonds. The standard InChI is InChI=1S/C16H11F3N2O2/c17-16(18,19)10-5-6-12-9(7-10)8-14(22)21-15(23)11-3-1-2-4-13(11)20(12)21/h1-7,14,22H,8H2. The van der Waals surface area contributed by atoms with E-state index in [2.05, 4.69) is 0 Å². The third-order valence-corrected chi connectivity index (χ3v) is 4.11. The first-order chi connectivity index (χ1) is 10.9. The largest absolute Gasteiger partial charge is 0.416 e. The molecule has 1 aromatic heterocycles. The van der Waals surface area contributed by atoms with E-state index in [1.807, 2.05) is 0 Å². The van der Waals surface area contributed by atoms with Crippen LogP contribution < -0.4 is 5.56 Å². The van der Waals surface area contributed by atoms with Gasteiger partial charge in [0, 0.05) is 6.42 Å². The third kappa shape index (κ3) is 1.93. The second kappa shape index (κ2) is 4.48. The maximum Gasteiger partial charge on any atom is 0.416 e. The van der Waals surface area contributed by atoms with Gasteiger partial charge in [-0.05, 0) is 35.9 Å². The summed E-state index contributed by atoms with van der Waals surface area (Å²) in [5, 5.41) is 10.7. The molecule has 0 fully saturated rings. The summed E-state index contributed by atoms with van der Waals surface area (Å²) >= 11 is 0. The highest BCUT2D eigenvalue weighted by Crippen LogP contribution is 2.35. The van der Waals surface area contributed by atoms with E-state index in [4.69, 9.17) is 0 Å². The zero-order valence-electron chi connectivity index (χ0n) is 11.7. The van der Waals surface area contributed by atoms with Gasteiger partial charge in [-0.1, -0.05) is 12.1 Å². The molecule has 4 nitrogen and oxygen atoms in total. The normalized spacial score (nSPS) is 17.1. The summed E-state index contributed by atoms with van der Waals surface area (Å²) < 4.78 is 41.3. The van der Waals surface area contributed by atoms with Crippen LogP contribution in [-0.2, 0) is 12.6 Å². The van der Waals surface area contributed by atoms with Crippen LogP contribution >= 0.6 is 0 Å². The number of halogens is 3. The Bertz CT molecular complexity index is 985. The molecule has 1 atom stereocenters. The van der Waals surface area contributed by atoms with Crippen LogP contribution in [0.3, 0.4) is 0 Å². The van der Waals surface area contributed by atoms with E-state index in [9.17, 15) is 23.1 Å². The quantitative estimate of drug-likeness (QED) is 0.692. The maximum absolute atomic E-state index is 12.9. The fraction of sp³-hybridized carbons (Fsp3) is 0.188. The molecule has 7 heteroatoms.